The molecule has 6 heteroatoms. The van der Waals surface area contributed by atoms with Crippen molar-refractivity contribution in [2.24, 2.45) is 0 Å². The molecule has 0 saturated carbocycles. The van der Waals surface area contributed by atoms with Gasteiger partial charge in [0.2, 0.25) is 0 Å². The number of nitrogens with zero attached hydrogens (tertiary/aromatic N) is 3. The van der Waals surface area contributed by atoms with Gasteiger partial charge in [-0.25, -0.2) is 14.8 Å². The molecular weight excluding hydrogens is 388 g/mol. The second-order valence-electron chi connectivity index (χ2n) is 7.18. The maximum Gasteiger partial charge on any atom is 0.326 e. The Morgan fingerprint density at radius 2 is 1.61 bits per heavy atom. The molecule has 6 nitrogen and oxygen atoms in total. The Morgan fingerprint density at radius 3 is 2.29 bits per heavy atom. The highest BCUT2D eigenvalue weighted by atomic mass is 16.4. The zero-order valence-corrected chi connectivity index (χ0v) is 16.8. The van der Waals surface area contributed by atoms with E-state index in [2.05, 4.69) is 15.3 Å². The van der Waals surface area contributed by atoms with Crippen LogP contribution in [0.15, 0.2) is 91.4 Å². The number of aliphatic carboxylic acids is 1. The lowest BCUT2D eigenvalue weighted by atomic mass is 10.1. The second-order valence-corrected chi connectivity index (χ2v) is 7.18. The summed E-state index contributed by atoms with van der Waals surface area (Å²) in [6, 6.07) is 22.3. The van der Waals surface area contributed by atoms with Crippen LogP contribution in [0, 0.1) is 0 Å². The molecule has 0 saturated heterocycles. The highest BCUT2D eigenvalue weighted by Crippen LogP contribution is 2.22. The Kier molecular flexibility index (Phi) is 6.28. The second kappa shape index (κ2) is 9.63. The molecule has 2 heterocycles. The molecule has 0 radical (unpaired) electrons. The summed E-state index contributed by atoms with van der Waals surface area (Å²) in [6.07, 6.45) is 5.99. The summed E-state index contributed by atoms with van der Waals surface area (Å²) in [4.78, 5) is 25.5. The van der Waals surface area contributed by atoms with E-state index in [0.29, 0.717) is 24.4 Å². The van der Waals surface area contributed by atoms with Crippen molar-refractivity contribution < 1.29 is 9.90 Å². The van der Waals surface area contributed by atoms with Crippen molar-refractivity contribution in [3.8, 4) is 11.3 Å². The molecule has 1 unspecified atom stereocenters. The van der Waals surface area contributed by atoms with Gasteiger partial charge < -0.3 is 10.4 Å². The minimum absolute atomic E-state index is 0.338. The molecule has 0 amide bonds. The molecule has 0 aliphatic rings. The summed E-state index contributed by atoms with van der Waals surface area (Å²) in [5, 5.41) is 12.9. The molecular formula is C25H22N4O2. The molecule has 0 aliphatic heterocycles. The predicted octanol–water partition coefficient (Wildman–Crippen LogP) is 4.24. The molecule has 0 fully saturated rings. The Bertz CT molecular complexity index is 1140. The number of benzene rings is 2. The van der Waals surface area contributed by atoms with Crippen LogP contribution in [0.4, 0.5) is 5.82 Å². The molecule has 1 atom stereocenters. The number of carbonyl (C=O) groups is 1. The average molecular weight is 410 g/mol. The van der Waals surface area contributed by atoms with Gasteiger partial charge >= 0.3 is 5.97 Å². The molecule has 2 aromatic carbocycles. The third kappa shape index (κ3) is 5.30. The van der Waals surface area contributed by atoms with Crippen LogP contribution in [0.3, 0.4) is 0 Å². The summed E-state index contributed by atoms with van der Waals surface area (Å²) >= 11 is 0. The van der Waals surface area contributed by atoms with Crippen LogP contribution in [0.1, 0.15) is 16.8 Å². The smallest absolute Gasteiger partial charge is 0.326 e. The van der Waals surface area contributed by atoms with Crippen LogP contribution in [-0.4, -0.2) is 32.1 Å². The van der Waals surface area contributed by atoms with E-state index in [0.717, 1.165) is 22.4 Å². The molecule has 154 valence electrons. The number of hydrogen-bond donors (Lipinski definition) is 2. The van der Waals surface area contributed by atoms with Crippen LogP contribution in [0.2, 0.25) is 0 Å². The standard InChI is InChI=1S/C25H22N4O2/c30-25(31)22(14-18-8-3-1-4-9-18)29-24-21(15-19-10-7-13-26-16-19)28-23(17-27-24)20-11-5-2-6-12-20/h1-13,16-17,22H,14-15H2,(H,27,29)(H,30,31). The number of nitrogens with one attached hydrogen (secondary N) is 1. The van der Waals surface area contributed by atoms with Crippen molar-refractivity contribution >= 4 is 11.8 Å². The van der Waals surface area contributed by atoms with E-state index in [9.17, 15) is 9.90 Å². The molecule has 2 N–H and O–H groups in total. The van der Waals surface area contributed by atoms with Gasteiger partial charge in [-0.05, 0) is 17.2 Å². The normalized spacial score (nSPS) is 11.6. The first-order valence-electron chi connectivity index (χ1n) is 10.0. The Hall–Kier alpha value is -4.06. The summed E-state index contributed by atoms with van der Waals surface area (Å²) in [5.41, 5.74) is 4.27. The van der Waals surface area contributed by atoms with Crippen LogP contribution < -0.4 is 5.32 Å². The number of rotatable bonds is 8. The van der Waals surface area contributed by atoms with E-state index in [1.54, 1.807) is 18.6 Å². The lowest BCUT2D eigenvalue weighted by Crippen LogP contribution is -2.32. The first kappa shape index (κ1) is 20.2. The van der Waals surface area contributed by atoms with E-state index in [-0.39, 0.29) is 0 Å². The van der Waals surface area contributed by atoms with Gasteiger partial charge in [0.25, 0.3) is 0 Å². The summed E-state index contributed by atoms with van der Waals surface area (Å²) in [6.45, 7) is 0. The van der Waals surface area contributed by atoms with Gasteiger partial charge in [0.15, 0.2) is 0 Å². The minimum Gasteiger partial charge on any atom is -0.480 e. The average Bonchev–Trinajstić information content (AvgIpc) is 2.81. The quantitative estimate of drug-likeness (QED) is 0.452. The van der Waals surface area contributed by atoms with Gasteiger partial charge in [0.05, 0.1) is 17.6 Å². The minimum atomic E-state index is -0.940. The molecule has 0 spiro atoms. The fourth-order valence-corrected chi connectivity index (χ4v) is 3.33. The van der Waals surface area contributed by atoms with Gasteiger partial charge in [-0.1, -0.05) is 66.7 Å². The molecule has 0 bridgehead atoms. The van der Waals surface area contributed by atoms with Crippen molar-refractivity contribution in [3.05, 3.63) is 108 Å². The number of pyridine rings is 1. The zero-order valence-electron chi connectivity index (χ0n) is 16.8. The van der Waals surface area contributed by atoms with Crippen LogP contribution in [0.25, 0.3) is 11.3 Å². The van der Waals surface area contributed by atoms with Crippen molar-refractivity contribution in [1.82, 2.24) is 15.0 Å². The highest BCUT2D eigenvalue weighted by Gasteiger charge is 2.21. The third-order valence-electron chi connectivity index (χ3n) is 4.90. The highest BCUT2D eigenvalue weighted by molar-refractivity contribution is 5.77. The van der Waals surface area contributed by atoms with Gasteiger partial charge in [0.1, 0.15) is 11.9 Å². The van der Waals surface area contributed by atoms with E-state index in [4.69, 9.17) is 4.98 Å². The topological polar surface area (TPSA) is 88.0 Å². The van der Waals surface area contributed by atoms with Crippen molar-refractivity contribution in [3.63, 3.8) is 0 Å². The number of hydrogen-bond acceptors (Lipinski definition) is 5. The monoisotopic (exact) mass is 410 g/mol. The number of carboxylic acid groups (broad SMARTS) is 1. The molecule has 2 aromatic heterocycles. The Balaban J connectivity index is 1.66. The van der Waals surface area contributed by atoms with Crippen molar-refractivity contribution in [2.75, 3.05) is 5.32 Å². The first-order valence-corrected chi connectivity index (χ1v) is 10.0. The molecule has 31 heavy (non-hydrogen) atoms. The van der Waals surface area contributed by atoms with E-state index in [1.165, 1.54) is 0 Å². The Labute approximate surface area is 180 Å². The maximum absolute atomic E-state index is 11.9. The van der Waals surface area contributed by atoms with Gasteiger partial charge in [-0.2, -0.15) is 0 Å². The third-order valence-corrected chi connectivity index (χ3v) is 4.90. The van der Waals surface area contributed by atoms with Crippen LogP contribution in [0.5, 0.6) is 0 Å². The molecule has 0 aliphatic carbocycles. The predicted molar refractivity (Wildman–Crippen MR) is 120 cm³/mol. The largest absolute Gasteiger partial charge is 0.480 e. The first-order chi connectivity index (χ1) is 15.2. The number of anilines is 1. The Morgan fingerprint density at radius 1 is 0.903 bits per heavy atom. The van der Waals surface area contributed by atoms with Gasteiger partial charge in [0, 0.05) is 30.8 Å². The van der Waals surface area contributed by atoms with Crippen molar-refractivity contribution in [1.29, 1.82) is 0 Å². The van der Waals surface area contributed by atoms with E-state index < -0.39 is 12.0 Å². The van der Waals surface area contributed by atoms with Gasteiger partial charge in [-0.15, -0.1) is 0 Å². The van der Waals surface area contributed by atoms with E-state index in [1.807, 2.05) is 72.8 Å². The molecule has 4 rings (SSSR count). The van der Waals surface area contributed by atoms with Crippen molar-refractivity contribution in [2.45, 2.75) is 18.9 Å². The summed E-state index contributed by atoms with van der Waals surface area (Å²) in [7, 11) is 0. The van der Waals surface area contributed by atoms with Crippen LogP contribution >= 0.6 is 0 Å². The van der Waals surface area contributed by atoms with Crippen LogP contribution in [-0.2, 0) is 17.6 Å². The lowest BCUT2D eigenvalue weighted by molar-refractivity contribution is -0.137. The summed E-state index contributed by atoms with van der Waals surface area (Å²) < 4.78 is 0. The maximum atomic E-state index is 11.9. The number of aromatic nitrogens is 3. The van der Waals surface area contributed by atoms with Gasteiger partial charge in [-0.3, -0.25) is 4.98 Å². The fraction of sp³-hybridized carbons (Fsp3) is 0.120. The zero-order chi connectivity index (χ0) is 21.5. The molecule has 4 aromatic rings. The summed E-state index contributed by atoms with van der Waals surface area (Å²) in [5.74, 6) is -0.475. The number of carboxylic acids is 1. The lowest BCUT2D eigenvalue weighted by Gasteiger charge is -2.18. The van der Waals surface area contributed by atoms with E-state index >= 15 is 0 Å². The fourth-order valence-electron chi connectivity index (χ4n) is 3.33. The SMILES string of the molecule is O=C(O)C(Cc1ccccc1)Nc1ncc(-c2ccccc2)nc1Cc1cccnc1.